The van der Waals surface area contributed by atoms with E-state index >= 15 is 0 Å². The summed E-state index contributed by atoms with van der Waals surface area (Å²) in [6.45, 7) is 4.21. The molecule has 46 heavy (non-hydrogen) atoms. The number of aromatic nitrogens is 3. The van der Waals surface area contributed by atoms with Gasteiger partial charge in [0.05, 0.1) is 5.69 Å². The van der Waals surface area contributed by atoms with Crippen LogP contribution in [0.3, 0.4) is 0 Å². The number of halogens is 5. The molecule has 1 aromatic heterocycles. The fraction of sp³-hybridized carbons (Fsp3) is 0.258. The summed E-state index contributed by atoms with van der Waals surface area (Å²) in [7, 11) is 0. The highest BCUT2D eigenvalue weighted by atomic mass is 32.2. The number of anilines is 2. The van der Waals surface area contributed by atoms with Crippen LogP contribution in [0.4, 0.5) is 33.6 Å². The van der Waals surface area contributed by atoms with Gasteiger partial charge < -0.3 is 15.4 Å². The second-order valence-corrected chi connectivity index (χ2v) is 11.9. The Morgan fingerprint density at radius 2 is 1.70 bits per heavy atom. The van der Waals surface area contributed by atoms with E-state index in [1.54, 1.807) is 36.0 Å². The summed E-state index contributed by atoms with van der Waals surface area (Å²) in [6, 6.07) is 22.7. The molecule has 4 aromatic rings. The van der Waals surface area contributed by atoms with E-state index in [-0.39, 0.29) is 6.04 Å². The van der Waals surface area contributed by atoms with Gasteiger partial charge in [0.15, 0.2) is 10.9 Å². The molecule has 8 nitrogen and oxygen atoms in total. The largest absolute Gasteiger partial charge is 0.499 e. The zero-order valence-electron chi connectivity index (χ0n) is 24.5. The number of thiocarbonyl (C=S) groups is 1. The Balaban J connectivity index is 1.25. The van der Waals surface area contributed by atoms with Crippen LogP contribution >= 0.6 is 24.0 Å². The van der Waals surface area contributed by atoms with Crippen molar-refractivity contribution in [3.8, 4) is 34.8 Å². The van der Waals surface area contributed by atoms with Gasteiger partial charge in [-0.2, -0.15) is 43.4 Å². The van der Waals surface area contributed by atoms with Crippen LogP contribution in [0.1, 0.15) is 30.9 Å². The molecule has 1 aliphatic rings. The van der Waals surface area contributed by atoms with Crippen LogP contribution in [0.5, 0.6) is 5.75 Å². The molecule has 15 heteroatoms. The lowest BCUT2D eigenvalue weighted by Gasteiger charge is -2.26. The lowest BCUT2D eigenvalue weighted by Crippen LogP contribution is -2.41. The molecular weight excluding hydrogens is 646 g/mol. The van der Waals surface area contributed by atoms with E-state index in [0.29, 0.717) is 39.6 Å². The minimum atomic E-state index is -5.84. The topological polar surface area (TPSA) is 88.1 Å². The molecule has 0 bridgehead atoms. The molecule has 1 fully saturated rings. The SMILES string of the molecule is CC(C)c1ccccc1NC(=S)NNC#Cc1ccc(-c2nc(NC3CSC3)n(-c3ccc(OC(F)(F)C(F)(F)F)cc3)n2)cc1. The second-order valence-electron chi connectivity index (χ2n) is 10.4. The van der Waals surface area contributed by atoms with Crippen molar-refractivity contribution in [2.24, 2.45) is 0 Å². The number of ether oxygens (including phenoxy) is 1. The van der Waals surface area contributed by atoms with E-state index in [9.17, 15) is 22.0 Å². The molecule has 0 unspecified atom stereocenters. The van der Waals surface area contributed by atoms with Crippen LogP contribution in [-0.4, -0.2) is 49.7 Å². The highest BCUT2D eigenvalue weighted by molar-refractivity contribution is 8.00. The normalized spacial score (nSPS) is 13.3. The zero-order chi connectivity index (χ0) is 32.9. The molecule has 1 aliphatic heterocycles. The number of para-hydroxylation sites is 1. The van der Waals surface area contributed by atoms with Gasteiger partial charge in [-0.25, -0.2) is 0 Å². The van der Waals surface area contributed by atoms with Gasteiger partial charge in [-0.05, 0) is 84.2 Å². The number of thioether (sulfide) groups is 1. The Labute approximate surface area is 271 Å². The molecule has 0 amide bonds. The highest BCUT2D eigenvalue weighted by Crippen LogP contribution is 2.37. The molecule has 0 spiro atoms. The van der Waals surface area contributed by atoms with Gasteiger partial charge in [0, 0.05) is 40.4 Å². The monoisotopic (exact) mass is 673 g/mol. The summed E-state index contributed by atoms with van der Waals surface area (Å²) in [4.78, 5) is 4.62. The maximum atomic E-state index is 13.3. The first-order valence-corrected chi connectivity index (χ1v) is 15.5. The van der Waals surface area contributed by atoms with Crippen molar-refractivity contribution in [2.75, 3.05) is 22.1 Å². The number of nitrogens with zero attached hydrogens (tertiary/aromatic N) is 3. The van der Waals surface area contributed by atoms with E-state index in [1.807, 2.05) is 24.3 Å². The zero-order valence-corrected chi connectivity index (χ0v) is 26.1. The minimum absolute atomic E-state index is 0.153. The first-order valence-electron chi connectivity index (χ1n) is 14.0. The molecule has 5 rings (SSSR count). The van der Waals surface area contributed by atoms with E-state index < -0.39 is 18.0 Å². The number of hydrogen-bond donors (Lipinski definition) is 4. The Morgan fingerprint density at radius 1 is 1.00 bits per heavy atom. The molecule has 3 aromatic carbocycles. The Hall–Kier alpha value is -4.55. The van der Waals surface area contributed by atoms with Crippen LogP contribution in [0.25, 0.3) is 17.1 Å². The van der Waals surface area contributed by atoms with E-state index in [2.05, 4.69) is 62.1 Å². The molecule has 0 saturated carbocycles. The van der Waals surface area contributed by atoms with Gasteiger partial charge >= 0.3 is 12.3 Å². The Kier molecular flexibility index (Phi) is 9.88. The number of hydrazine groups is 1. The third kappa shape index (κ3) is 7.99. The number of benzene rings is 3. The van der Waals surface area contributed by atoms with Gasteiger partial charge in [-0.1, -0.05) is 32.0 Å². The maximum absolute atomic E-state index is 13.3. The van der Waals surface area contributed by atoms with Gasteiger partial charge in [-0.15, -0.1) is 5.10 Å². The predicted molar refractivity (Wildman–Crippen MR) is 173 cm³/mol. The maximum Gasteiger partial charge on any atom is 0.499 e. The molecule has 0 radical (unpaired) electrons. The minimum Gasteiger partial charge on any atom is -0.426 e. The molecule has 240 valence electrons. The molecule has 1 saturated heterocycles. The summed E-state index contributed by atoms with van der Waals surface area (Å²) < 4.78 is 69.6. The van der Waals surface area contributed by atoms with Crippen molar-refractivity contribution >= 4 is 40.7 Å². The van der Waals surface area contributed by atoms with Crippen molar-refractivity contribution in [1.82, 2.24) is 25.6 Å². The fourth-order valence-electron chi connectivity index (χ4n) is 4.23. The van der Waals surface area contributed by atoms with Crippen molar-refractivity contribution in [3.05, 3.63) is 83.9 Å². The summed E-state index contributed by atoms with van der Waals surface area (Å²) in [6.07, 6.45) is -11.2. The summed E-state index contributed by atoms with van der Waals surface area (Å²) in [5.74, 6) is 5.16. The third-order valence-electron chi connectivity index (χ3n) is 6.66. The summed E-state index contributed by atoms with van der Waals surface area (Å²) in [5, 5.41) is 11.4. The van der Waals surface area contributed by atoms with Crippen molar-refractivity contribution in [1.29, 1.82) is 0 Å². The van der Waals surface area contributed by atoms with Crippen LogP contribution in [0.2, 0.25) is 0 Å². The lowest BCUT2D eigenvalue weighted by atomic mass is 10.0. The van der Waals surface area contributed by atoms with Crippen LogP contribution in [0, 0.1) is 12.0 Å². The first-order chi connectivity index (χ1) is 21.9. The standard InChI is InChI=1S/C31H28F5N7OS2/c1-19(2)25-5-3-4-6-26(25)39-29(45)41-37-16-15-20-7-9-21(10-8-20)27-40-28(38-22-17-46-18-22)43(42-27)23-11-13-24(14-12-23)44-31(35,36)30(32,33)34/h3-14,19,22,37H,17-18H2,1-2H3,(H,38,40,42)(H2,39,41,45). The molecule has 2 heterocycles. The number of hydrogen-bond acceptors (Lipinski definition) is 7. The Bertz CT molecular complexity index is 1730. The lowest BCUT2D eigenvalue weighted by molar-refractivity contribution is -0.360. The van der Waals surface area contributed by atoms with Crippen LogP contribution in [0.15, 0.2) is 72.8 Å². The van der Waals surface area contributed by atoms with E-state index in [4.69, 9.17) is 12.2 Å². The quantitative estimate of drug-likeness (QED) is 0.0498. The Morgan fingerprint density at radius 3 is 2.33 bits per heavy atom. The predicted octanol–water partition coefficient (Wildman–Crippen LogP) is 6.92. The number of alkyl halides is 5. The van der Waals surface area contributed by atoms with Crippen molar-refractivity contribution < 1.29 is 26.7 Å². The average Bonchev–Trinajstić information content (AvgIpc) is 3.41. The van der Waals surface area contributed by atoms with Crippen molar-refractivity contribution in [2.45, 2.75) is 38.1 Å². The van der Waals surface area contributed by atoms with Gasteiger partial charge in [0.25, 0.3) is 0 Å². The second kappa shape index (κ2) is 13.8. The highest BCUT2D eigenvalue weighted by Gasteiger charge is 2.61. The molecule has 0 aliphatic carbocycles. The van der Waals surface area contributed by atoms with E-state index in [0.717, 1.165) is 34.9 Å². The van der Waals surface area contributed by atoms with Crippen LogP contribution in [-0.2, 0) is 0 Å². The molecule has 0 atom stereocenters. The number of rotatable bonds is 9. The number of nitrogens with one attached hydrogen (secondary N) is 4. The van der Waals surface area contributed by atoms with Gasteiger partial charge in [-0.3, -0.25) is 10.9 Å². The van der Waals surface area contributed by atoms with Crippen LogP contribution < -0.4 is 26.2 Å². The third-order valence-corrected chi connectivity index (χ3v) is 8.14. The van der Waals surface area contributed by atoms with Gasteiger partial charge in [0.1, 0.15) is 5.75 Å². The summed E-state index contributed by atoms with van der Waals surface area (Å²) >= 11 is 7.12. The summed E-state index contributed by atoms with van der Waals surface area (Å²) in [5.41, 5.74) is 9.45. The molecular formula is C31H28F5N7OS2. The van der Waals surface area contributed by atoms with E-state index in [1.165, 1.54) is 16.8 Å². The first kappa shape index (κ1) is 32.8. The average molecular weight is 674 g/mol. The smallest absolute Gasteiger partial charge is 0.426 e. The molecule has 4 N–H and O–H groups in total. The van der Waals surface area contributed by atoms with Crippen molar-refractivity contribution in [3.63, 3.8) is 0 Å². The fourth-order valence-corrected chi connectivity index (χ4v) is 5.03. The van der Waals surface area contributed by atoms with Gasteiger partial charge in [0.2, 0.25) is 5.95 Å².